The standard InChI is InChI=1S/C19H21Cl2NO2S/c20-16-5-3-15(4-6-16)14-25-13-11-22-19(23)2-1-12-24-18-9-7-17(21)8-10-18/h3-10H,1-2,11-14H2,(H,22,23). The van der Waals surface area contributed by atoms with Gasteiger partial charge in [0.15, 0.2) is 0 Å². The van der Waals surface area contributed by atoms with Gasteiger partial charge in [-0.15, -0.1) is 0 Å². The average molecular weight is 398 g/mol. The van der Waals surface area contributed by atoms with E-state index in [9.17, 15) is 4.79 Å². The number of hydrogen-bond donors (Lipinski definition) is 1. The molecule has 0 spiro atoms. The minimum Gasteiger partial charge on any atom is -0.494 e. The number of nitrogens with one attached hydrogen (secondary N) is 1. The molecule has 0 atom stereocenters. The largest absolute Gasteiger partial charge is 0.494 e. The Morgan fingerprint density at radius 2 is 1.64 bits per heavy atom. The van der Waals surface area contributed by atoms with Gasteiger partial charge in [0.1, 0.15) is 5.75 Å². The summed E-state index contributed by atoms with van der Waals surface area (Å²) in [4.78, 5) is 11.8. The van der Waals surface area contributed by atoms with Crippen LogP contribution < -0.4 is 10.1 Å². The maximum absolute atomic E-state index is 11.8. The molecule has 3 nitrogen and oxygen atoms in total. The average Bonchev–Trinajstić information content (AvgIpc) is 2.61. The lowest BCUT2D eigenvalue weighted by molar-refractivity contribution is -0.121. The quantitative estimate of drug-likeness (QED) is 0.559. The summed E-state index contributed by atoms with van der Waals surface area (Å²) in [6.45, 7) is 1.19. The van der Waals surface area contributed by atoms with Crippen molar-refractivity contribution in [2.45, 2.75) is 18.6 Å². The molecule has 1 N–H and O–H groups in total. The van der Waals surface area contributed by atoms with Crippen molar-refractivity contribution in [2.75, 3.05) is 18.9 Å². The van der Waals surface area contributed by atoms with E-state index in [4.69, 9.17) is 27.9 Å². The Balaban J connectivity index is 1.48. The fourth-order valence-corrected chi connectivity index (χ4v) is 3.15. The normalized spacial score (nSPS) is 10.5. The second-order valence-corrected chi connectivity index (χ2v) is 7.41. The molecule has 25 heavy (non-hydrogen) atoms. The highest BCUT2D eigenvalue weighted by atomic mass is 35.5. The molecule has 0 saturated heterocycles. The first-order valence-corrected chi connectivity index (χ1v) is 10.0. The number of carbonyl (C=O) groups is 1. The molecule has 0 heterocycles. The Morgan fingerprint density at radius 1 is 1.00 bits per heavy atom. The Bertz CT molecular complexity index is 647. The number of rotatable bonds is 10. The van der Waals surface area contributed by atoms with Gasteiger partial charge in [-0.2, -0.15) is 11.8 Å². The summed E-state index contributed by atoms with van der Waals surface area (Å²) in [5.74, 6) is 2.63. The second kappa shape index (κ2) is 11.3. The molecule has 0 radical (unpaired) electrons. The summed E-state index contributed by atoms with van der Waals surface area (Å²) in [6, 6.07) is 15.0. The van der Waals surface area contributed by atoms with Crippen LogP contribution in [0.4, 0.5) is 0 Å². The van der Waals surface area contributed by atoms with E-state index >= 15 is 0 Å². The topological polar surface area (TPSA) is 38.3 Å². The first kappa shape index (κ1) is 20.0. The molecule has 2 rings (SSSR count). The van der Waals surface area contributed by atoms with Crippen molar-refractivity contribution < 1.29 is 9.53 Å². The van der Waals surface area contributed by atoms with Gasteiger partial charge >= 0.3 is 0 Å². The van der Waals surface area contributed by atoms with E-state index in [1.165, 1.54) is 5.56 Å². The van der Waals surface area contributed by atoms with Crippen LogP contribution in [0.3, 0.4) is 0 Å². The zero-order valence-electron chi connectivity index (χ0n) is 13.8. The molecule has 1 amide bonds. The molecule has 0 aliphatic heterocycles. The highest BCUT2D eigenvalue weighted by molar-refractivity contribution is 7.98. The molecule has 6 heteroatoms. The van der Waals surface area contributed by atoms with Crippen LogP contribution >= 0.6 is 35.0 Å². The predicted octanol–water partition coefficient (Wildman–Crippen LogP) is 5.20. The zero-order valence-corrected chi connectivity index (χ0v) is 16.2. The highest BCUT2D eigenvalue weighted by Crippen LogP contribution is 2.16. The number of carbonyl (C=O) groups excluding carboxylic acids is 1. The Morgan fingerprint density at radius 3 is 2.32 bits per heavy atom. The Kier molecular flexibility index (Phi) is 9.02. The van der Waals surface area contributed by atoms with E-state index in [2.05, 4.69) is 5.32 Å². The van der Waals surface area contributed by atoms with Gasteiger partial charge in [-0.05, 0) is 48.4 Å². The van der Waals surface area contributed by atoms with Crippen LogP contribution in [-0.4, -0.2) is 24.8 Å². The van der Waals surface area contributed by atoms with Crippen molar-refractivity contribution >= 4 is 40.9 Å². The maximum Gasteiger partial charge on any atom is 0.220 e. The first-order chi connectivity index (χ1) is 12.1. The molecule has 0 aromatic heterocycles. The minimum absolute atomic E-state index is 0.0619. The van der Waals surface area contributed by atoms with Crippen LogP contribution in [0, 0.1) is 0 Å². The summed E-state index contributed by atoms with van der Waals surface area (Å²) in [6.07, 6.45) is 1.15. The third-order valence-corrected chi connectivity index (χ3v) is 4.92. The molecule has 0 unspecified atom stereocenters. The van der Waals surface area contributed by atoms with Gasteiger partial charge in [0.05, 0.1) is 6.61 Å². The fraction of sp³-hybridized carbons (Fsp3) is 0.316. The van der Waals surface area contributed by atoms with E-state index in [1.807, 2.05) is 36.4 Å². The number of ether oxygens (including phenoxy) is 1. The third-order valence-electron chi connectivity index (χ3n) is 3.38. The van der Waals surface area contributed by atoms with E-state index in [0.29, 0.717) is 31.0 Å². The number of hydrogen-bond acceptors (Lipinski definition) is 3. The van der Waals surface area contributed by atoms with Crippen molar-refractivity contribution in [3.05, 3.63) is 64.1 Å². The van der Waals surface area contributed by atoms with E-state index in [-0.39, 0.29) is 5.91 Å². The van der Waals surface area contributed by atoms with Crippen molar-refractivity contribution in [1.82, 2.24) is 5.32 Å². The predicted molar refractivity (Wildman–Crippen MR) is 107 cm³/mol. The smallest absolute Gasteiger partial charge is 0.220 e. The summed E-state index contributed by atoms with van der Waals surface area (Å²) < 4.78 is 5.56. The van der Waals surface area contributed by atoms with Crippen molar-refractivity contribution in [1.29, 1.82) is 0 Å². The van der Waals surface area contributed by atoms with Gasteiger partial charge in [-0.1, -0.05) is 35.3 Å². The van der Waals surface area contributed by atoms with E-state index in [1.54, 1.807) is 23.9 Å². The Hall–Kier alpha value is -1.36. The molecule has 2 aromatic rings. The molecular weight excluding hydrogens is 377 g/mol. The summed E-state index contributed by atoms with van der Waals surface area (Å²) >= 11 is 13.5. The van der Waals surface area contributed by atoms with Crippen molar-refractivity contribution in [2.24, 2.45) is 0 Å². The third kappa shape index (κ3) is 8.52. The van der Waals surface area contributed by atoms with Gasteiger partial charge in [0.25, 0.3) is 0 Å². The second-order valence-electron chi connectivity index (χ2n) is 5.43. The molecule has 2 aromatic carbocycles. The molecule has 0 fully saturated rings. The zero-order chi connectivity index (χ0) is 17.9. The van der Waals surface area contributed by atoms with Crippen LogP contribution in [-0.2, 0) is 10.5 Å². The van der Waals surface area contributed by atoms with Crippen LogP contribution in [0.25, 0.3) is 0 Å². The SMILES string of the molecule is O=C(CCCOc1ccc(Cl)cc1)NCCSCc1ccc(Cl)cc1. The molecule has 0 aliphatic rings. The number of benzene rings is 2. The van der Waals surface area contributed by atoms with Crippen molar-refractivity contribution in [3.63, 3.8) is 0 Å². The van der Waals surface area contributed by atoms with Crippen molar-refractivity contribution in [3.8, 4) is 5.75 Å². The molecule has 0 saturated carbocycles. The van der Waals surface area contributed by atoms with Crippen LogP contribution in [0.2, 0.25) is 10.0 Å². The summed E-state index contributed by atoms with van der Waals surface area (Å²) in [7, 11) is 0. The van der Waals surface area contributed by atoms with E-state index < -0.39 is 0 Å². The molecular formula is C19H21Cl2NO2S. The number of thioether (sulfide) groups is 1. The van der Waals surface area contributed by atoms with Gasteiger partial charge < -0.3 is 10.1 Å². The Labute approximate surface area is 163 Å². The van der Waals surface area contributed by atoms with Gasteiger partial charge in [-0.3, -0.25) is 4.79 Å². The molecule has 134 valence electrons. The lowest BCUT2D eigenvalue weighted by Crippen LogP contribution is -2.25. The maximum atomic E-state index is 11.8. The lowest BCUT2D eigenvalue weighted by Gasteiger charge is -2.07. The van der Waals surface area contributed by atoms with Crippen LogP contribution in [0.1, 0.15) is 18.4 Å². The first-order valence-electron chi connectivity index (χ1n) is 8.11. The molecule has 0 bridgehead atoms. The number of halogens is 2. The van der Waals surface area contributed by atoms with Crippen LogP contribution in [0.15, 0.2) is 48.5 Å². The summed E-state index contributed by atoms with van der Waals surface area (Å²) in [5, 5.41) is 4.36. The molecule has 0 aliphatic carbocycles. The highest BCUT2D eigenvalue weighted by Gasteiger charge is 2.02. The lowest BCUT2D eigenvalue weighted by atomic mass is 10.2. The van der Waals surface area contributed by atoms with Gasteiger partial charge in [0, 0.05) is 34.5 Å². The monoisotopic (exact) mass is 397 g/mol. The van der Waals surface area contributed by atoms with Gasteiger partial charge in [0.2, 0.25) is 5.91 Å². The fourth-order valence-electron chi connectivity index (χ4n) is 2.08. The van der Waals surface area contributed by atoms with Gasteiger partial charge in [-0.25, -0.2) is 0 Å². The summed E-state index contributed by atoms with van der Waals surface area (Å²) in [5.41, 5.74) is 1.24. The van der Waals surface area contributed by atoms with Crippen LogP contribution in [0.5, 0.6) is 5.75 Å². The van der Waals surface area contributed by atoms with E-state index in [0.717, 1.165) is 22.3 Å². The minimum atomic E-state index is 0.0619. The number of amides is 1.